The van der Waals surface area contributed by atoms with Crippen molar-refractivity contribution < 1.29 is 0 Å². The summed E-state index contributed by atoms with van der Waals surface area (Å²) in [4.78, 5) is 0. The molecule has 0 aliphatic heterocycles. The zero-order chi connectivity index (χ0) is 14.2. The summed E-state index contributed by atoms with van der Waals surface area (Å²) in [5, 5.41) is 0. The Hall–Kier alpha value is -0.260. The first-order valence-corrected chi connectivity index (χ1v) is 7.88. The number of hydrogen-bond donors (Lipinski definition) is 0. The van der Waals surface area contributed by atoms with Crippen molar-refractivity contribution in [2.45, 2.75) is 93.4 Å². The number of hydrogen-bond acceptors (Lipinski definition) is 0. The molecular weight excluding hydrogens is 216 g/mol. The first kappa shape index (κ1) is 17.7. The Morgan fingerprint density at radius 3 is 1.83 bits per heavy atom. The van der Waals surface area contributed by atoms with Gasteiger partial charge in [-0.15, -0.1) is 0 Å². The Labute approximate surface area is 116 Å². The molecule has 0 bridgehead atoms. The van der Waals surface area contributed by atoms with E-state index < -0.39 is 0 Å². The van der Waals surface area contributed by atoms with Gasteiger partial charge in [0.2, 0.25) is 0 Å². The molecule has 0 heteroatoms. The van der Waals surface area contributed by atoms with Crippen LogP contribution >= 0.6 is 0 Å². The van der Waals surface area contributed by atoms with Crippen LogP contribution in [0.3, 0.4) is 0 Å². The Bertz CT molecular complexity index is 243. The topological polar surface area (TPSA) is 0 Å². The first-order chi connectivity index (χ1) is 8.22. The predicted molar refractivity (Wildman–Crippen MR) is 85.0 cm³/mol. The van der Waals surface area contributed by atoms with Crippen LogP contribution in [-0.2, 0) is 0 Å². The first-order valence-electron chi connectivity index (χ1n) is 7.88. The second kappa shape index (κ2) is 8.02. The highest BCUT2D eigenvalue weighted by atomic mass is 14.2. The average molecular weight is 252 g/mol. The summed E-state index contributed by atoms with van der Waals surface area (Å²) in [5.41, 5.74) is 2.58. The predicted octanol–water partition coefficient (Wildman–Crippen LogP) is 6.76. The summed E-state index contributed by atoms with van der Waals surface area (Å²) in [6, 6.07) is 0. The molecule has 0 saturated carbocycles. The van der Waals surface area contributed by atoms with Gasteiger partial charge in [0.15, 0.2) is 0 Å². The molecule has 0 heterocycles. The van der Waals surface area contributed by atoms with E-state index in [0.29, 0.717) is 10.8 Å². The smallest absolute Gasteiger partial charge is 0.0271 e. The molecule has 0 aliphatic carbocycles. The lowest BCUT2D eigenvalue weighted by atomic mass is 9.80. The highest BCUT2D eigenvalue weighted by molar-refractivity contribution is 5.01. The number of rotatable bonds is 9. The van der Waals surface area contributed by atoms with Crippen molar-refractivity contribution >= 4 is 0 Å². The van der Waals surface area contributed by atoms with Crippen molar-refractivity contribution in [3.8, 4) is 0 Å². The van der Waals surface area contributed by atoms with Crippen molar-refractivity contribution in [1.82, 2.24) is 0 Å². The van der Waals surface area contributed by atoms with Crippen molar-refractivity contribution in [1.29, 1.82) is 0 Å². The van der Waals surface area contributed by atoms with Gasteiger partial charge in [-0.05, 0) is 49.9 Å². The minimum atomic E-state index is 0.480. The van der Waals surface area contributed by atoms with Crippen molar-refractivity contribution in [3.05, 3.63) is 11.6 Å². The van der Waals surface area contributed by atoms with Crippen LogP contribution in [0.2, 0.25) is 0 Å². The van der Waals surface area contributed by atoms with E-state index >= 15 is 0 Å². The van der Waals surface area contributed by atoms with Crippen LogP contribution in [0, 0.1) is 10.8 Å². The van der Waals surface area contributed by atoms with Crippen molar-refractivity contribution in [3.63, 3.8) is 0 Å². The van der Waals surface area contributed by atoms with Crippen LogP contribution in [0.5, 0.6) is 0 Å². The molecule has 0 aliphatic rings. The maximum Gasteiger partial charge on any atom is -0.0271 e. The molecule has 0 aromatic carbocycles. The number of allylic oxidation sites excluding steroid dienone is 2. The Balaban J connectivity index is 4.12. The van der Waals surface area contributed by atoms with Crippen LogP contribution in [0.15, 0.2) is 11.6 Å². The maximum atomic E-state index is 2.48. The normalized spacial score (nSPS) is 14.1. The highest BCUT2D eigenvalue weighted by Crippen LogP contribution is 2.32. The van der Waals surface area contributed by atoms with Crippen LogP contribution < -0.4 is 0 Å². The van der Waals surface area contributed by atoms with Gasteiger partial charge in [-0.3, -0.25) is 0 Å². The van der Waals surface area contributed by atoms with Gasteiger partial charge in [0, 0.05) is 0 Å². The van der Waals surface area contributed by atoms with Crippen LogP contribution in [0.4, 0.5) is 0 Å². The largest absolute Gasteiger partial charge is 0.0856 e. The molecule has 108 valence electrons. The molecule has 0 aromatic rings. The molecule has 0 N–H and O–H groups in total. The second-order valence-electron chi connectivity index (χ2n) is 7.59. The molecule has 0 saturated heterocycles. The summed E-state index contributed by atoms with van der Waals surface area (Å²) in [7, 11) is 0. The molecule has 18 heavy (non-hydrogen) atoms. The van der Waals surface area contributed by atoms with E-state index in [2.05, 4.69) is 54.5 Å². The molecule has 0 nitrogen and oxygen atoms in total. The minimum absolute atomic E-state index is 0.480. The quantitative estimate of drug-likeness (QED) is 0.398. The Morgan fingerprint density at radius 2 is 1.33 bits per heavy atom. The van der Waals surface area contributed by atoms with E-state index in [-0.39, 0.29) is 0 Å². The zero-order valence-electron chi connectivity index (χ0n) is 14.0. The third-order valence-corrected chi connectivity index (χ3v) is 3.92. The van der Waals surface area contributed by atoms with Gasteiger partial charge in [-0.25, -0.2) is 0 Å². The Kier molecular flexibility index (Phi) is 7.90. The van der Waals surface area contributed by atoms with Gasteiger partial charge >= 0.3 is 0 Å². The fourth-order valence-corrected chi connectivity index (χ4v) is 3.10. The monoisotopic (exact) mass is 252 g/mol. The van der Waals surface area contributed by atoms with Gasteiger partial charge in [0.25, 0.3) is 0 Å². The van der Waals surface area contributed by atoms with E-state index in [1.54, 1.807) is 5.57 Å². The van der Waals surface area contributed by atoms with E-state index in [0.717, 1.165) is 0 Å². The highest BCUT2D eigenvalue weighted by Gasteiger charge is 2.18. The lowest BCUT2D eigenvalue weighted by Crippen LogP contribution is -2.12. The molecule has 0 unspecified atom stereocenters. The van der Waals surface area contributed by atoms with Crippen LogP contribution in [0.1, 0.15) is 93.4 Å². The van der Waals surface area contributed by atoms with Crippen molar-refractivity contribution in [2.75, 3.05) is 0 Å². The summed E-state index contributed by atoms with van der Waals surface area (Å²) >= 11 is 0. The SMILES string of the molecule is CCCC(C)(C)CC/C=C(\C)CC(C)(C)CCC. The fraction of sp³-hybridized carbons (Fsp3) is 0.889. The van der Waals surface area contributed by atoms with Crippen molar-refractivity contribution in [2.24, 2.45) is 10.8 Å². The third kappa shape index (κ3) is 8.78. The zero-order valence-corrected chi connectivity index (χ0v) is 14.0. The van der Waals surface area contributed by atoms with E-state index in [9.17, 15) is 0 Å². The average Bonchev–Trinajstić information content (AvgIpc) is 2.15. The fourth-order valence-electron chi connectivity index (χ4n) is 3.10. The molecule has 0 atom stereocenters. The second-order valence-corrected chi connectivity index (χ2v) is 7.59. The molecule has 0 spiro atoms. The van der Waals surface area contributed by atoms with E-state index in [4.69, 9.17) is 0 Å². The molecule has 0 fully saturated rings. The van der Waals surface area contributed by atoms with E-state index in [1.165, 1.54) is 44.9 Å². The summed E-state index contributed by atoms with van der Waals surface area (Å²) in [6.45, 7) is 16.5. The van der Waals surface area contributed by atoms with Crippen LogP contribution in [0.25, 0.3) is 0 Å². The van der Waals surface area contributed by atoms with Gasteiger partial charge in [0.1, 0.15) is 0 Å². The summed E-state index contributed by atoms with van der Waals surface area (Å²) < 4.78 is 0. The molecule has 0 rings (SSSR count). The molecule has 0 radical (unpaired) electrons. The lowest BCUT2D eigenvalue weighted by molar-refractivity contribution is 0.305. The summed E-state index contributed by atoms with van der Waals surface area (Å²) in [6.07, 6.45) is 11.6. The maximum absolute atomic E-state index is 2.48. The van der Waals surface area contributed by atoms with Gasteiger partial charge in [-0.1, -0.05) is 66.0 Å². The molecule has 0 aromatic heterocycles. The van der Waals surface area contributed by atoms with Gasteiger partial charge in [0.05, 0.1) is 0 Å². The standard InChI is InChI=1S/C18H36/c1-8-12-17(4,5)14-10-11-16(3)15-18(6,7)13-9-2/h11H,8-10,12-15H2,1-7H3/b16-11+. The minimum Gasteiger partial charge on any atom is -0.0856 e. The summed E-state index contributed by atoms with van der Waals surface area (Å²) in [5.74, 6) is 0. The Morgan fingerprint density at radius 1 is 0.833 bits per heavy atom. The lowest BCUT2D eigenvalue weighted by Gasteiger charge is -2.25. The third-order valence-electron chi connectivity index (χ3n) is 3.92. The van der Waals surface area contributed by atoms with E-state index in [1.807, 2.05) is 0 Å². The molecule has 0 amide bonds. The van der Waals surface area contributed by atoms with Gasteiger partial charge in [-0.2, -0.15) is 0 Å². The van der Waals surface area contributed by atoms with Crippen LogP contribution in [-0.4, -0.2) is 0 Å². The van der Waals surface area contributed by atoms with Gasteiger partial charge < -0.3 is 0 Å². The molecular formula is C18H36.